The van der Waals surface area contributed by atoms with E-state index in [0.717, 1.165) is 12.8 Å². The molecular weight excluding hydrogens is 234 g/mol. The van der Waals surface area contributed by atoms with Gasteiger partial charge in [0.25, 0.3) is 0 Å². The van der Waals surface area contributed by atoms with Gasteiger partial charge in [-0.2, -0.15) is 0 Å². The van der Waals surface area contributed by atoms with Crippen molar-refractivity contribution in [2.24, 2.45) is 0 Å². The van der Waals surface area contributed by atoms with Crippen LogP contribution < -0.4 is 5.32 Å². The van der Waals surface area contributed by atoms with Gasteiger partial charge in [0.15, 0.2) is 0 Å². The van der Waals surface area contributed by atoms with Crippen molar-refractivity contribution in [1.82, 2.24) is 5.32 Å². The molecule has 0 saturated heterocycles. The SMILES string of the molecule is CC.CC=O.Cc1ccc(C(C)CNC(C)C)cc1. The average molecular weight is 265 g/mol. The molecule has 0 bridgehead atoms. The topological polar surface area (TPSA) is 29.1 Å². The molecule has 0 aromatic heterocycles. The van der Waals surface area contributed by atoms with Gasteiger partial charge >= 0.3 is 0 Å². The summed E-state index contributed by atoms with van der Waals surface area (Å²) in [4.78, 5) is 8.81. The van der Waals surface area contributed by atoms with Crippen molar-refractivity contribution in [2.45, 2.75) is 60.4 Å². The van der Waals surface area contributed by atoms with Crippen LogP contribution in [0.15, 0.2) is 24.3 Å². The van der Waals surface area contributed by atoms with Crippen LogP contribution >= 0.6 is 0 Å². The summed E-state index contributed by atoms with van der Waals surface area (Å²) in [5, 5.41) is 3.46. The van der Waals surface area contributed by atoms with Gasteiger partial charge in [-0.15, -0.1) is 0 Å². The Labute approximate surface area is 119 Å². The summed E-state index contributed by atoms with van der Waals surface area (Å²) in [6, 6.07) is 9.38. The molecule has 0 spiro atoms. The lowest BCUT2D eigenvalue weighted by molar-refractivity contribution is -0.106. The number of hydrogen-bond acceptors (Lipinski definition) is 2. The van der Waals surface area contributed by atoms with Crippen molar-refractivity contribution in [3.63, 3.8) is 0 Å². The molecule has 0 amide bonds. The second-order valence-electron chi connectivity index (χ2n) is 4.61. The molecule has 1 aromatic rings. The van der Waals surface area contributed by atoms with Gasteiger partial charge in [-0.1, -0.05) is 64.4 Å². The third-order valence-electron chi connectivity index (χ3n) is 2.48. The lowest BCUT2D eigenvalue weighted by Gasteiger charge is -2.15. The number of carbonyl (C=O) groups excluding carboxylic acids is 1. The molecular formula is C17H31NO. The maximum Gasteiger partial charge on any atom is 0.116 e. The molecule has 110 valence electrons. The van der Waals surface area contributed by atoms with E-state index in [0.29, 0.717) is 12.0 Å². The molecule has 1 unspecified atom stereocenters. The highest BCUT2D eigenvalue weighted by molar-refractivity contribution is 5.44. The number of benzene rings is 1. The normalized spacial score (nSPS) is 10.7. The zero-order valence-electron chi connectivity index (χ0n) is 13.7. The molecule has 0 aliphatic rings. The van der Waals surface area contributed by atoms with Crippen LogP contribution in [0.4, 0.5) is 0 Å². The van der Waals surface area contributed by atoms with E-state index in [2.05, 4.69) is 57.3 Å². The predicted octanol–water partition coefficient (Wildman–Crippen LogP) is 4.33. The molecule has 0 heterocycles. The Bertz CT molecular complexity index is 304. The summed E-state index contributed by atoms with van der Waals surface area (Å²) in [7, 11) is 0. The van der Waals surface area contributed by atoms with E-state index in [9.17, 15) is 0 Å². The fourth-order valence-electron chi connectivity index (χ4n) is 1.43. The fourth-order valence-corrected chi connectivity index (χ4v) is 1.43. The van der Waals surface area contributed by atoms with Gasteiger partial charge in [-0.05, 0) is 25.3 Å². The van der Waals surface area contributed by atoms with Gasteiger partial charge in [-0.3, -0.25) is 0 Å². The number of aryl methyl sites for hydroxylation is 1. The van der Waals surface area contributed by atoms with E-state index < -0.39 is 0 Å². The summed E-state index contributed by atoms with van der Waals surface area (Å²) in [5.74, 6) is 0.595. The van der Waals surface area contributed by atoms with Gasteiger partial charge in [0.2, 0.25) is 0 Å². The minimum absolute atomic E-state index is 0.572. The number of aldehydes is 1. The zero-order chi connectivity index (χ0) is 15.3. The average Bonchev–Trinajstić information content (AvgIpc) is 2.40. The number of nitrogens with one attached hydrogen (secondary N) is 1. The predicted molar refractivity (Wildman–Crippen MR) is 85.8 cm³/mol. The summed E-state index contributed by atoms with van der Waals surface area (Å²) in [6.07, 6.45) is 0.750. The quantitative estimate of drug-likeness (QED) is 0.821. The summed E-state index contributed by atoms with van der Waals surface area (Å²) >= 11 is 0. The van der Waals surface area contributed by atoms with E-state index in [1.165, 1.54) is 18.1 Å². The van der Waals surface area contributed by atoms with Crippen LogP contribution in [0.25, 0.3) is 0 Å². The molecule has 1 atom stereocenters. The van der Waals surface area contributed by atoms with Crippen molar-refractivity contribution in [3.05, 3.63) is 35.4 Å². The smallest absolute Gasteiger partial charge is 0.116 e. The fraction of sp³-hybridized carbons (Fsp3) is 0.588. The second kappa shape index (κ2) is 13.3. The summed E-state index contributed by atoms with van der Waals surface area (Å²) in [6.45, 7) is 15.3. The van der Waals surface area contributed by atoms with Gasteiger partial charge in [0.05, 0.1) is 0 Å². The lowest BCUT2D eigenvalue weighted by atomic mass is 10.00. The molecule has 0 fully saturated rings. The number of rotatable bonds is 4. The number of hydrogen-bond donors (Lipinski definition) is 1. The van der Waals surface area contributed by atoms with Gasteiger partial charge < -0.3 is 10.1 Å². The Balaban J connectivity index is 0. The number of carbonyl (C=O) groups is 1. The Morgan fingerprint density at radius 2 is 1.53 bits per heavy atom. The third kappa shape index (κ3) is 11.7. The van der Waals surface area contributed by atoms with Crippen LogP contribution in [0.2, 0.25) is 0 Å². The maximum atomic E-state index is 8.81. The molecule has 1 rings (SSSR count). The van der Waals surface area contributed by atoms with Crippen molar-refractivity contribution in [1.29, 1.82) is 0 Å². The van der Waals surface area contributed by atoms with E-state index in [4.69, 9.17) is 4.79 Å². The monoisotopic (exact) mass is 265 g/mol. The van der Waals surface area contributed by atoms with E-state index in [1.807, 2.05) is 13.8 Å². The summed E-state index contributed by atoms with van der Waals surface area (Å²) < 4.78 is 0. The molecule has 2 heteroatoms. The van der Waals surface area contributed by atoms with E-state index in [1.54, 1.807) is 0 Å². The highest BCUT2D eigenvalue weighted by Crippen LogP contribution is 2.14. The molecule has 2 nitrogen and oxygen atoms in total. The standard InChI is InChI=1S/C13H21N.C2H4O.C2H6/c1-10(2)14-9-12(4)13-7-5-11(3)6-8-13;1-2-3;1-2/h5-8,10,12,14H,9H2,1-4H3;2H,1H3;1-2H3. The van der Waals surface area contributed by atoms with Crippen molar-refractivity contribution in [2.75, 3.05) is 6.54 Å². The van der Waals surface area contributed by atoms with Gasteiger partial charge in [-0.25, -0.2) is 0 Å². The molecule has 0 aliphatic heterocycles. The minimum atomic E-state index is 0.572. The first-order chi connectivity index (χ1) is 9.01. The highest BCUT2D eigenvalue weighted by atomic mass is 16.1. The van der Waals surface area contributed by atoms with Crippen molar-refractivity contribution < 1.29 is 4.79 Å². The first kappa shape index (κ1) is 20.2. The second-order valence-corrected chi connectivity index (χ2v) is 4.61. The highest BCUT2D eigenvalue weighted by Gasteiger charge is 2.04. The minimum Gasteiger partial charge on any atom is -0.314 e. The Morgan fingerprint density at radius 1 is 1.11 bits per heavy atom. The van der Waals surface area contributed by atoms with Crippen LogP contribution in [0.3, 0.4) is 0 Å². The molecule has 0 aliphatic carbocycles. The molecule has 0 radical (unpaired) electrons. The van der Waals surface area contributed by atoms with Crippen LogP contribution in [0, 0.1) is 6.92 Å². The molecule has 1 aromatic carbocycles. The third-order valence-corrected chi connectivity index (χ3v) is 2.48. The van der Waals surface area contributed by atoms with Crippen molar-refractivity contribution in [3.8, 4) is 0 Å². The van der Waals surface area contributed by atoms with E-state index in [-0.39, 0.29) is 0 Å². The van der Waals surface area contributed by atoms with Crippen LogP contribution in [0.5, 0.6) is 0 Å². The maximum absolute atomic E-state index is 8.81. The molecule has 0 saturated carbocycles. The largest absolute Gasteiger partial charge is 0.314 e. The lowest BCUT2D eigenvalue weighted by Crippen LogP contribution is -2.26. The Kier molecular flexibility index (Phi) is 14.1. The van der Waals surface area contributed by atoms with Crippen LogP contribution in [0.1, 0.15) is 58.6 Å². The van der Waals surface area contributed by atoms with Crippen molar-refractivity contribution >= 4 is 6.29 Å². The van der Waals surface area contributed by atoms with Crippen LogP contribution in [-0.4, -0.2) is 18.9 Å². The zero-order valence-corrected chi connectivity index (χ0v) is 13.7. The van der Waals surface area contributed by atoms with Gasteiger partial charge in [0, 0.05) is 12.6 Å². The molecule has 19 heavy (non-hydrogen) atoms. The Hall–Kier alpha value is -1.15. The summed E-state index contributed by atoms with van der Waals surface area (Å²) in [5.41, 5.74) is 2.75. The Morgan fingerprint density at radius 3 is 1.89 bits per heavy atom. The first-order valence-electron chi connectivity index (χ1n) is 7.21. The van der Waals surface area contributed by atoms with Gasteiger partial charge in [0.1, 0.15) is 6.29 Å². The van der Waals surface area contributed by atoms with Crippen LogP contribution in [-0.2, 0) is 4.79 Å². The first-order valence-corrected chi connectivity index (χ1v) is 7.21. The van der Waals surface area contributed by atoms with E-state index >= 15 is 0 Å². The molecule has 1 N–H and O–H groups in total.